The molecular weight excluding hydrogens is 565 g/mol. The Morgan fingerprint density at radius 3 is 2.51 bits per heavy atom. The second-order valence-corrected chi connectivity index (χ2v) is 11.9. The number of amides is 1. The van der Waals surface area contributed by atoms with Gasteiger partial charge in [0.1, 0.15) is 23.0 Å². The maximum Gasteiger partial charge on any atom is 0.390 e. The van der Waals surface area contributed by atoms with Gasteiger partial charge in [-0.25, -0.2) is 9.97 Å². The molecule has 5 N–H and O–H groups in total. The molecule has 3 atom stereocenters. The van der Waals surface area contributed by atoms with Gasteiger partial charge in [-0.15, -0.1) is 0 Å². The Balaban J connectivity index is 1.34. The lowest BCUT2D eigenvalue weighted by Crippen LogP contribution is -2.38. The number of Topliss-reactive ketones (excluding diaryl/α,β-unsaturated/α-hetero) is 1. The van der Waals surface area contributed by atoms with Crippen molar-refractivity contribution in [2.45, 2.75) is 51.2 Å². The van der Waals surface area contributed by atoms with E-state index in [1.165, 1.54) is 0 Å². The van der Waals surface area contributed by atoms with Crippen molar-refractivity contribution >= 4 is 11.7 Å². The number of nitrogens with zero attached hydrogens (tertiary/aromatic N) is 2. The fourth-order valence-electron chi connectivity index (χ4n) is 7.24. The number of aromatic nitrogens is 2. The molecule has 5 aliphatic rings. The molecule has 12 heteroatoms. The fourth-order valence-corrected chi connectivity index (χ4v) is 7.24. The number of phenolic OH excluding ortho intramolecular Hbond substituents is 1. The number of halogens is 3. The minimum Gasteiger partial charge on any atom is -0.511 e. The first-order valence-electron chi connectivity index (χ1n) is 14.4. The number of aromatic hydroxyl groups is 1. The van der Waals surface area contributed by atoms with Gasteiger partial charge in [0, 0.05) is 60.1 Å². The average molecular weight is 595 g/mol. The Bertz CT molecular complexity index is 1660. The molecule has 1 saturated carbocycles. The van der Waals surface area contributed by atoms with Crippen molar-refractivity contribution in [3.05, 3.63) is 75.2 Å². The van der Waals surface area contributed by atoms with Gasteiger partial charge >= 0.3 is 6.18 Å². The number of alkyl halides is 3. The van der Waals surface area contributed by atoms with Crippen molar-refractivity contribution in [2.75, 3.05) is 6.54 Å². The van der Waals surface area contributed by atoms with Gasteiger partial charge in [-0.3, -0.25) is 9.59 Å². The van der Waals surface area contributed by atoms with E-state index in [0.29, 0.717) is 52.5 Å². The Hall–Kier alpha value is -4.19. The number of benzene rings is 1. The van der Waals surface area contributed by atoms with E-state index in [9.17, 15) is 33.0 Å². The number of allylic oxidation sites excluding steroid dienone is 4. The zero-order valence-electron chi connectivity index (χ0n) is 23.0. The number of carbonyl (C=O) groups excluding carboxylic acids is 2. The predicted octanol–water partition coefficient (Wildman–Crippen LogP) is 4.53. The second-order valence-electron chi connectivity index (χ2n) is 11.9. The smallest absolute Gasteiger partial charge is 0.390 e. The van der Waals surface area contributed by atoms with Crippen molar-refractivity contribution in [1.29, 1.82) is 0 Å². The van der Waals surface area contributed by atoms with Crippen LogP contribution in [0.5, 0.6) is 5.75 Å². The minimum absolute atomic E-state index is 0.0589. The van der Waals surface area contributed by atoms with Crippen molar-refractivity contribution in [1.82, 2.24) is 15.3 Å². The number of hydrogen-bond donors (Lipinski definition) is 4. The summed E-state index contributed by atoms with van der Waals surface area (Å²) in [6, 6.07) is 3.28. The largest absolute Gasteiger partial charge is 0.511 e. The number of ketones is 1. The SMILES string of the molecule is NC(=O)C1=C(O)CC2CC3Cc4c(-c5ncccn5)cc(CNCCC(F)(F)F)c(O)c4C(=O)C3=C3OC(C4CC4)=C1C32. The number of hydrogen-bond acceptors (Lipinski definition) is 8. The highest BCUT2D eigenvalue weighted by atomic mass is 19.4. The molecule has 0 radical (unpaired) electrons. The summed E-state index contributed by atoms with van der Waals surface area (Å²) in [5.41, 5.74) is 8.16. The topological polar surface area (TPSA) is 148 Å². The summed E-state index contributed by atoms with van der Waals surface area (Å²) in [5, 5.41) is 25.0. The summed E-state index contributed by atoms with van der Waals surface area (Å²) in [7, 11) is 0. The molecule has 0 bridgehead atoms. The molecule has 0 spiro atoms. The molecule has 1 aromatic carbocycles. The van der Waals surface area contributed by atoms with E-state index in [1.807, 2.05) is 0 Å². The molecule has 0 saturated heterocycles. The number of fused-ring (bicyclic) bond motifs is 2. The van der Waals surface area contributed by atoms with E-state index in [4.69, 9.17) is 10.5 Å². The van der Waals surface area contributed by atoms with Gasteiger partial charge in [-0.1, -0.05) is 0 Å². The number of ether oxygens (including phenoxy) is 1. The molecule has 3 unspecified atom stereocenters. The monoisotopic (exact) mass is 594 g/mol. The van der Waals surface area contributed by atoms with Crippen molar-refractivity contribution < 1.29 is 37.7 Å². The quantitative estimate of drug-likeness (QED) is 0.342. The van der Waals surface area contributed by atoms with Crippen LogP contribution in [0.2, 0.25) is 0 Å². The van der Waals surface area contributed by atoms with Gasteiger partial charge < -0.3 is 26.0 Å². The molecular formula is C31H29F3N4O5. The maximum atomic E-state index is 14.4. The fraction of sp³-hybridized carbons (Fsp3) is 0.419. The number of aliphatic hydroxyl groups excluding tert-OH is 1. The third-order valence-corrected chi connectivity index (χ3v) is 9.14. The summed E-state index contributed by atoms with van der Waals surface area (Å²) in [6.45, 7) is -0.469. The summed E-state index contributed by atoms with van der Waals surface area (Å²) in [5.74, 6) is -0.915. The maximum absolute atomic E-state index is 14.4. The highest BCUT2D eigenvalue weighted by molar-refractivity contribution is 6.14. The van der Waals surface area contributed by atoms with E-state index in [2.05, 4.69) is 15.3 Å². The Morgan fingerprint density at radius 2 is 1.84 bits per heavy atom. The van der Waals surface area contributed by atoms with Crippen LogP contribution in [0, 0.1) is 23.7 Å². The third-order valence-electron chi connectivity index (χ3n) is 9.14. The highest BCUT2D eigenvalue weighted by Crippen LogP contribution is 2.60. The lowest BCUT2D eigenvalue weighted by atomic mass is 9.61. The number of nitrogens with one attached hydrogen (secondary N) is 1. The first-order chi connectivity index (χ1) is 20.5. The molecule has 1 amide bonds. The molecule has 1 fully saturated rings. The first kappa shape index (κ1) is 27.6. The molecule has 2 heterocycles. The van der Waals surface area contributed by atoms with Crippen LogP contribution in [0.25, 0.3) is 11.4 Å². The van der Waals surface area contributed by atoms with Gasteiger partial charge in [-0.2, -0.15) is 13.2 Å². The second kappa shape index (κ2) is 9.94. The van der Waals surface area contributed by atoms with Crippen LogP contribution in [0.3, 0.4) is 0 Å². The van der Waals surface area contributed by atoms with E-state index in [0.717, 1.165) is 12.8 Å². The van der Waals surface area contributed by atoms with Gasteiger partial charge in [0.15, 0.2) is 11.6 Å². The highest BCUT2D eigenvalue weighted by Gasteiger charge is 2.55. The van der Waals surface area contributed by atoms with Crippen molar-refractivity contribution in [3.8, 4) is 17.1 Å². The summed E-state index contributed by atoms with van der Waals surface area (Å²) < 4.78 is 44.6. The van der Waals surface area contributed by atoms with Gasteiger partial charge in [-0.05, 0) is 55.2 Å². The van der Waals surface area contributed by atoms with Gasteiger partial charge in [0.05, 0.1) is 23.5 Å². The Labute approximate surface area is 244 Å². The first-order valence-corrected chi connectivity index (χ1v) is 14.4. The van der Waals surface area contributed by atoms with Crippen LogP contribution in [-0.2, 0) is 22.5 Å². The molecule has 2 aromatic rings. The number of aliphatic hydroxyl groups is 1. The van der Waals surface area contributed by atoms with Crippen molar-refractivity contribution in [3.63, 3.8) is 0 Å². The molecule has 1 aliphatic heterocycles. The molecule has 43 heavy (non-hydrogen) atoms. The molecule has 4 aliphatic carbocycles. The normalized spacial score (nSPS) is 24.5. The lowest BCUT2D eigenvalue weighted by Gasteiger charge is -2.41. The summed E-state index contributed by atoms with van der Waals surface area (Å²) >= 11 is 0. The van der Waals surface area contributed by atoms with E-state index >= 15 is 0 Å². The molecule has 9 nitrogen and oxygen atoms in total. The van der Waals surface area contributed by atoms with E-state index in [-0.39, 0.29) is 65.5 Å². The van der Waals surface area contributed by atoms with Crippen LogP contribution in [0.15, 0.2) is 58.5 Å². The number of rotatable bonds is 7. The zero-order chi connectivity index (χ0) is 30.2. The molecule has 1 aromatic heterocycles. The summed E-state index contributed by atoms with van der Waals surface area (Å²) in [4.78, 5) is 35.6. The average Bonchev–Trinajstić information content (AvgIpc) is 3.72. The van der Waals surface area contributed by atoms with Gasteiger partial charge in [0.2, 0.25) is 0 Å². The third kappa shape index (κ3) is 4.59. The zero-order valence-corrected chi connectivity index (χ0v) is 23.0. The van der Waals surface area contributed by atoms with E-state index in [1.54, 1.807) is 24.5 Å². The van der Waals surface area contributed by atoms with Crippen LogP contribution in [-0.4, -0.2) is 44.6 Å². The Kier molecular flexibility index (Phi) is 6.38. The van der Waals surface area contributed by atoms with Crippen LogP contribution >= 0.6 is 0 Å². The van der Waals surface area contributed by atoms with Crippen LogP contribution in [0.4, 0.5) is 13.2 Å². The summed E-state index contributed by atoms with van der Waals surface area (Å²) in [6.07, 6.45) is 0.568. The molecule has 224 valence electrons. The van der Waals surface area contributed by atoms with Crippen LogP contribution in [0.1, 0.15) is 53.6 Å². The van der Waals surface area contributed by atoms with Crippen LogP contribution < -0.4 is 11.1 Å². The minimum atomic E-state index is -4.33. The lowest BCUT2D eigenvalue weighted by molar-refractivity contribution is -0.133. The van der Waals surface area contributed by atoms with Gasteiger partial charge in [0.25, 0.3) is 5.91 Å². The Morgan fingerprint density at radius 1 is 1.09 bits per heavy atom. The predicted molar refractivity (Wildman–Crippen MR) is 146 cm³/mol. The number of phenols is 1. The number of primary amides is 1. The molecule has 7 rings (SSSR count). The standard InChI is InChI=1S/C31H29F3N4O5/c32-31(33,34)4-7-36-12-16-10-18(30-37-5-1-6-38-30)17-9-14-8-15-11-19(39)23(29(35)42)24-20(15)28(43-27(24)13-2-3-13)21(14)26(41)22(17)25(16)40/h1,5-6,10,13-15,20,36,39-40H,2-4,7-9,11-12H2,(H2,35,42). The van der Waals surface area contributed by atoms with Crippen molar-refractivity contribution in [2.24, 2.45) is 29.4 Å². The number of nitrogens with two attached hydrogens (primary N) is 1. The number of carbonyl (C=O) groups is 2. The van der Waals surface area contributed by atoms with E-state index < -0.39 is 30.2 Å².